The Morgan fingerprint density at radius 2 is 1.81 bits per heavy atom. The highest BCUT2D eigenvalue weighted by Crippen LogP contribution is 2.24. The van der Waals surface area contributed by atoms with Crippen LogP contribution < -0.4 is 5.73 Å². The van der Waals surface area contributed by atoms with Gasteiger partial charge in [-0.1, -0.05) is 44.2 Å². The molecular weight excluding hydrogens is 284 g/mol. The predicted molar refractivity (Wildman–Crippen MR) is 89.5 cm³/mol. The van der Waals surface area contributed by atoms with Crippen molar-refractivity contribution in [2.24, 2.45) is 17.6 Å². The Balaban J connectivity index is 0.00000220. The maximum absolute atomic E-state index is 12.4. The van der Waals surface area contributed by atoms with Gasteiger partial charge in [0.25, 0.3) is 0 Å². The molecule has 0 bridgehead atoms. The number of nitrogens with zero attached hydrogens (tertiary/aromatic N) is 1. The molecule has 2 N–H and O–H groups in total. The van der Waals surface area contributed by atoms with E-state index in [9.17, 15) is 4.79 Å². The first-order valence-electron chi connectivity index (χ1n) is 7.66. The Morgan fingerprint density at radius 3 is 2.33 bits per heavy atom. The number of rotatable bonds is 4. The topological polar surface area (TPSA) is 46.3 Å². The summed E-state index contributed by atoms with van der Waals surface area (Å²) in [7, 11) is 0. The van der Waals surface area contributed by atoms with Gasteiger partial charge in [-0.05, 0) is 36.7 Å². The van der Waals surface area contributed by atoms with Crippen LogP contribution in [0.2, 0.25) is 0 Å². The molecule has 1 aromatic carbocycles. The van der Waals surface area contributed by atoms with E-state index in [0.29, 0.717) is 12.3 Å². The Bertz CT molecular complexity index is 428. The highest BCUT2D eigenvalue weighted by Gasteiger charge is 2.27. The van der Waals surface area contributed by atoms with Crippen LogP contribution in [0.1, 0.15) is 32.3 Å². The van der Waals surface area contributed by atoms with Crippen LogP contribution in [0.15, 0.2) is 30.3 Å². The molecule has 0 aromatic heterocycles. The Labute approximate surface area is 134 Å². The molecule has 0 spiro atoms. The number of piperidine rings is 1. The zero-order valence-electron chi connectivity index (χ0n) is 13.0. The predicted octanol–water partition coefficient (Wildman–Crippen LogP) is 2.87. The molecule has 1 atom stereocenters. The third-order valence-electron chi connectivity index (χ3n) is 4.41. The molecule has 118 valence electrons. The number of amides is 1. The van der Waals surface area contributed by atoms with Crippen LogP contribution in [-0.4, -0.2) is 29.9 Å². The van der Waals surface area contributed by atoms with Crippen LogP contribution in [-0.2, 0) is 11.2 Å². The maximum Gasteiger partial charge on any atom is 0.239 e. The molecule has 0 saturated carbocycles. The van der Waals surface area contributed by atoms with Gasteiger partial charge in [0.05, 0.1) is 6.04 Å². The van der Waals surface area contributed by atoms with Gasteiger partial charge in [-0.3, -0.25) is 4.79 Å². The molecule has 0 unspecified atom stereocenters. The molecule has 2 rings (SSSR count). The second-order valence-corrected chi connectivity index (χ2v) is 6.20. The van der Waals surface area contributed by atoms with Crippen molar-refractivity contribution in [3.05, 3.63) is 35.9 Å². The third-order valence-corrected chi connectivity index (χ3v) is 4.41. The summed E-state index contributed by atoms with van der Waals surface area (Å²) in [6, 6.07) is 9.60. The number of likely N-dealkylation sites (tertiary alicyclic amines) is 1. The molecule has 21 heavy (non-hydrogen) atoms. The summed E-state index contributed by atoms with van der Waals surface area (Å²) in [6.07, 6.45) is 2.85. The average Bonchev–Trinajstić information content (AvgIpc) is 2.47. The Hall–Kier alpha value is -1.06. The zero-order valence-corrected chi connectivity index (χ0v) is 13.8. The molecule has 1 saturated heterocycles. The first-order chi connectivity index (χ1) is 9.58. The highest BCUT2D eigenvalue weighted by molar-refractivity contribution is 5.85. The molecule has 0 aliphatic carbocycles. The normalized spacial score (nSPS) is 17.4. The maximum atomic E-state index is 12.4. The second kappa shape index (κ2) is 8.40. The summed E-state index contributed by atoms with van der Waals surface area (Å²) >= 11 is 0. The molecular formula is C17H27ClN2O. The number of nitrogens with two attached hydrogens (primary N) is 1. The number of halogens is 1. The van der Waals surface area contributed by atoms with Crippen molar-refractivity contribution in [3.63, 3.8) is 0 Å². The van der Waals surface area contributed by atoms with Crippen molar-refractivity contribution in [3.8, 4) is 0 Å². The third kappa shape index (κ3) is 5.01. The van der Waals surface area contributed by atoms with Gasteiger partial charge < -0.3 is 10.6 Å². The van der Waals surface area contributed by atoms with Gasteiger partial charge in [-0.25, -0.2) is 0 Å². The van der Waals surface area contributed by atoms with Crippen LogP contribution in [0.25, 0.3) is 0 Å². The summed E-state index contributed by atoms with van der Waals surface area (Å²) in [5.41, 5.74) is 7.21. The lowest BCUT2D eigenvalue weighted by atomic mass is 9.86. The van der Waals surface area contributed by atoms with Crippen LogP contribution in [0.3, 0.4) is 0 Å². The lowest BCUT2D eigenvalue weighted by Crippen LogP contribution is -2.48. The van der Waals surface area contributed by atoms with Crippen molar-refractivity contribution in [1.29, 1.82) is 0 Å². The molecule has 1 aliphatic heterocycles. The highest BCUT2D eigenvalue weighted by atomic mass is 35.5. The second-order valence-electron chi connectivity index (χ2n) is 6.20. The monoisotopic (exact) mass is 310 g/mol. The minimum atomic E-state index is -0.409. The van der Waals surface area contributed by atoms with Crippen LogP contribution in [0, 0.1) is 11.8 Å². The van der Waals surface area contributed by atoms with Crippen LogP contribution in [0.5, 0.6) is 0 Å². The van der Waals surface area contributed by atoms with E-state index >= 15 is 0 Å². The van der Waals surface area contributed by atoms with E-state index < -0.39 is 6.04 Å². The van der Waals surface area contributed by atoms with E-state index in [0.717, 1.165) is 37.4 Å². The number of hydrogen-bond donors (Lipinski definition) is 1. The quantitative estimate of drug-likeness (QED) is 0.929. The lowest BCUT2D eigenvalue weighted by molar-refractivity contribution is -0.134. The van der Waals surface area contributed by atoms with Gasteiger partial charge in [0, 0.05) is 13.1 Å². The van der Waals surface area contributed by atoms with Gasteiger partial charge in [0.2, 0.25) is 5.91 Å². The van der Waals surface area contributed by atoms with E-state index in [-0.39, 0.29) is 18.3 Å². The summed E-state index contributed by atoms with van der Waals surface area (Å²) in [5, 5.41) is 0. The van der Waals surface area contributed by atoms with E-state index in [1.54, 1.807) is 0 Å². The fourth-order valence-electron chi connectivity index (χ4n) is 2.98. The Kier molecular flexibility index (Phi) is 7.20. The van der Waals surface area contributed by atoms with Gasteiger partial charge in [-0.15, -0.1) is 12.4 Å². The number of benzene rings is 1. The molecule has 1 heterocycles. The van der Waals surface area contributed by atoms with Gasteiger partial charge in [-0.2, -0.15) is 0 Å². The van der Waals surface area contributed by atoms with E-state index in [2.05, 4.69) is 13.8 Å². The SMILES string of the molecule is CC(C)C1CCN(C(=O)[C@@H](N)Cc2ccccc2)CC1.Cl. The van der Waals surface area contributed by atoms with E-state index in [1.165, 1.54) is 0 Å². The van der Waals surface area contributed by atoms with Crippen molar-refractivity contribution < 1.29 is 4.79 Å². The summed E-state index contributed by atoms with van der Waals surface area (Å²) in [6.45, 7) is 6.26. The number of hydrogen-bond acceptors (Lipinski definition) is 2. The van der Waals surface area contributed by atoms with Crippen molar-refractivity contribution in [2.75, 3.05) is 13.1 Å². The van der Waals surface area contributed by atoms with Gasteiger partial charge >= 0.3 is 0 Å². The fourth-order valence-corrected chi connectivity index (χ4v) is 2.98. The van der Waals surface area contributed by atoms with Crippen LogP contribution in [0.4, 0.5) is 0 Å². The van der Waals surface area contributed by atoms with E-state index in [4.69, 9.17) is 5.73 Å². The first-order valence-corrected chi connectivity index (χ1v) is 7.66. The molecule has 1 aliphatic rings. The molecule has 1 amide bonds. The molecule has 1 aromatic rings. The van der Waals surface area contributed by atoms with Crippen molar-refractivity contribution in [2.45, 2.75) is 39.2 Å². The van der Waals surface area contributed by atoms with E-state index in [1.807, 2.05) is 35.2 Å². The molecule has 0 radical (unpaired) electrons. The molecule has 3 nitrogen and oxygen atoms in total. The standard InChI is InChI=1S/C17H26N2O.ClH/c1-13(2)15-8-10-19(11-9-15)17(20)16(18)12-14-6-4-3-5-7-14;/h3-7,13,15-16H,8-12,18H2,1-2H3;1H/t16-;/m0./s1. The minimum absolute atomic E-state index is 0. The van der Waals surface area contributed by atoms with Gasteiger partial charge in [0.15, 0.2) is 0 Å². The van der Waals surface area contributed by atoms with Crippen molar-refractivity contribution in [1.82, 2.24) is 4.90 Å². The average molecular weight is 311 g/mol. The Morgan fingerprint density at radius 1 is 1.24 bits per heavy atom. The smallest absolute Gasteiger partial charge is 0.239 e. The lowest BCUT2D eigenvalue weighted by Gasteiger charge is -2.35. The number of carbonyl (C=O) groups excluding carboxylic acids is 1. The largest absolute Gasteiger partial charge is 0.341 e. The zero-order chi connectivity index (χ0) is 14.5. The van der Waals surface area contributed by atoms with Gasteiger partial charge in [0.1, 0.15) is 0 Å². The fraction of sp³-hybridized carbons (Fsp3) is 0.588. The molecule has 1 fully saturated rings. The van der Waals surface area contributed by atoms with Crippen LogP contribution >= 0.6 is 12.4 Å². The minimum Gasteiger partial charge on any atom is -0.341 e. The number of carbonyl (C=O) groups is 1. The molecule has 4 heteroatoms. The first kappa shape index (κ1) is 18.0. The summed E-state index contributed by atoms with van der Waals surface area (Å²) in [5.74, 6) is 1.57. The summed E-state index contributed by atoms with van der Waals surface area (Å²) in [4.78, 5) is 14.3. The van der Waals surface area contributed by atoms with Crippen molar-refractivity contribution >= 4 is 18.3 Å². The summed E-state index contributed by atoms with van der Waals surface area (Å²) < 4.78 is 0.